The van der Waals surface area contributed by atoms with Crippen LogP contribution in [0.5, 0.6) is 5.75 Å². The van der Waals surface area contributed by atoms with Gasteiger partial charge in [-0.25, -0.2) is 4.98 Å². The fraction of sp³-hybridized carbons (Fsp3) is 0.636. The number of pyridine rings is 1. The number of aliphatic imine (C=N–C) groups is 1. The molecule has 7 nitrogen and oxygen atoms in total. The molecule has 0 bridgehead atoms. The summed E-state index contributed by atoms with van der Waals surface area (Å²) in [5.74, 6) is 0.518. The Morgan fingerprint density at radius 2 is 1.94 bits per heavy atom. The number of fused-ring (bicyclic) bond motifs is 1. The van der Waals surface area contributed by atoms with Gasteiger partial charge >= 0.3 is 6.36 Å². The second kappa shape index (κ2) is 8.55. The third kappa shape index (κ3) is 4.85. The Balaban J connectivity index is 1.49. The highest BCUT2D eigenvalue weighted by Crippen LogP contribution is 2.59. The number of halogens is 3. The first-order chi connectivity index (χ1) is 15.0. The normalized spacial score (nSPS) is 28.8. The minimum atomic E-state index is -4.86. The molecule has 10 heteroatoms. The third-order valence-corrected chi connectivity index (χ3v) is 6.69. The van der Waals surface area contributed by atoms with Gasteiger partial charge in [0.2, 0.25) is 0 Å². The average Bonchev–Trinajstić information content (AvgIpc) is 3.13. The zero-order chi connectivity index (χ0) is 23.2. The van der Waals surface area contributed by atoms with Crippen molar-refractivity contribution < 1.29 is 22.6 Å². The van der Waals surface area contributed by atoms with E-state index in [1.165, 1.54) is 6.20 Å². The number of allylic oxidation sites excluding steroid dienone is 1. The number of rotatable bonds is 7. The lowest BCUT2D eigenvalue weighted by Gasteiger charge is -2.39. The molecule has 1 aromatic heterocycles. The first-order valence-corrected chi connectivity index (χ1v) is 10.9. The van der Waals surface area contributed by atoms with E-state index in [0.717, 1.165) is 37.8 Å². The lowest BCUT2D eigenvalue weighted by Crippen LogP contribution is -2.51. The van der Waals surface area contributed by atoms with Crippen molar-refractivity contribution in [2.24, 2.45) is 28.5 Å². The number of nitrogens with zero attached hydrogens (tertiary/aromatic N) is 3. The lowest BCUT2D eigenvalue weighted by atomic mass is 9.99. The van der Waals surface area contributed by atoms with Crippen molar-refractivity contribution in [3.05, 3.63) is 23.9 Å². The molecule has 1 aromatic rings. The number of aromatic nitrogens is 1. The van der Waals surface area contributed by atoms with Crippen LogP contribution in [0.4, 0.5) is 19.0 Å². The molecule has 0 amide bonds. The van der Waals surface area contributed by atoms with Gasteiger partial charge in [0.15, 0.2) is 11.6 Å². The molecule has 2 atom stereocenters. The summed E-state index contributed by atoms with van der Waals surface area (Å²) >= 11 is 0. The summed E-state index contributed by atoms with van der Waals surface area (Å²) in [6.07, 6.45) is 0.473. The molecule has 32 heavy (non-hydrogen) atoms. The Hall–Kier alpha value is -2.33. The van der Waals surface area contributed by atoms with Crippen LogP contribution in [0, 0.1) is 17.8 Å². The Bertz CT molecular complexity index is 901. The molecule has 1 saturated heterocycles. The second-order valence-corrected chi connectivity index (χ2v) is 9.24. The number of nitrogen functional groups attached to an aromatic ring is 1. The van der Waals surface area contributed by atoms with Gasteiger partial charge in [-0.05, 0) is 57.7 Å². The van der Waals surface area contributed by atoms with Gasteiger partial charge in [-0.15, -0.1) is 13.2 Å². The van der Waals surface area contributed by atoms with Crippen LogP contribution >= 0.6 is 0 Å². The Morgan fingerprint density at radius 3 is 2.47 bits per heavy atom. The molecular weight excluding hydrogens is 423 g/mol. The van der Waals surface area contributed by atoms with Crippen molar-refractivity contribution in [2.45, 2.75) is 51.2 Å². The van der Waals surface area contributed by atoms with Crippen LogP contribution in [0.15, 0.2) is 23.3 Å². The Kier molecular flexibility index (Phi) is 6.10. The van der Waals surface area contributed by atoms with Gasteiger partial charge in [-0.2, -0.15) is 0 Å². The lowest BCUT2D eigenvalue weighted by molar-refractivity contribution is -0.274. The average molecular weight is 454 g/mol. The molecule has 2 heterocycles. The summed E-state index contributed by atoms with van der Waals surface area (Å²) in [6.45, 7) is 5.60. The Labute approximate surface area is 185 Å². The molecule has 3 aliphatic rings. The standard InChI is InChI=1S/C22H30F3N5O2/c1-11(2)29-18(20-15-5-13(6-16(15)20)30(3)14-9-31-10-14)7-17(26)12-4-19(21(27)28-8-12)32-22(23,24)25/h4,7-8,11,13-16,20H,5-6,9-10,26H2,1-3H3,(H2,27,28). The van der Waals surface area contributed by atoms with Crippen LogP contribution in [-0.4, -0.2) is 60.3 Å². The molecule has 2 aliphatic carbocycles. The van der Waals surface area contributed by atoms with E-state index in [4.69, 9.17) is 21.2 Å². The summed E-state index contributed by atoms with van der Waals surface area (Å²) in [6, 6.07) is 2.31. The first kappa shape index (κ1) is 22.8. The smallest absolute Gasteiger partial charge is 0.402 e. The van der Waals surface area contributed by atoms with Crippen molar-refractivity contribution in [3.8, 4) is 5.75 Å². The highest BCUT2D eigenvalue weighted by atomic mass is 19.4. The molecule has 0 spiro atoms. The molecule has 3 fully saturated rings. The molecule has 2 unspecified atom stereocenters. The molecule has 0 radical (unpaired) electrons. The minimum Gasteiger partial charge on any atom is -0.402 e. The number of likely N-dealkylation sites (N-methyl/N-ethyl adjacent to an activating group) is 1. The minimum absolute atomic E-state index is 0.0784. The summed E-state index contributed by atoms with van der Waals surface area (Å²) in [7, 11) is 2.17. The fourth-order valence-electron chi connectivity index (χ4n) is 4.92. The van der Waals surface area contributed by atoms with Crippen molar-refractivity contribution in [2.75, 3.05) is 26.0 Å². The van der Waals surface area contributed by atoms with Crippen molar-refractivity contribution in [1.82, 2.24) is 9.88 Å². The monoisotopic (exact) mass is 453 g/mol. The molecule has 176 valence electrons. The quantitative estimate of drug-likeness (QED) is 0.616. The van der Waals surface area contributed by atoms with Crippen LogP contribution < -0.4 is 16.2 Å². The van der Waals surface area contributed by atoms with Crippen LogP contribution in [0.25, 0.3) is 5.70 Å². The largest absolute Gasteiger partial charge is 0.573 e. The van der Waals surface area contributed by atoms with E-state index in [-0.39, 0.29) is 17.6 Å². The maximum atomic E-state index is 12.6. The maximum Gasteiger partial charge on any atom is 0.573 e. The predicted octanol–water partition coefficient (Wildman–Crippen LogP) is 3.07. The number of anilines is 1. The van der Waals surface area contributed by atoms with Crippen molar-refractivity contribution in [3.63, 3.8) is 0 Å². The summed E-state index contributed by atoms with van der Waals surface area (Å²) in [4.78, 5) is 11.0. The number of alkyl halides is 3. The first-order valence-electron chi connectivity index (χ1n) is 10.9. The molecular formula is C22H30F3N5O2. The van der Waals surface area contributed by atoms with Gasteiger partial charge in [-0.3, -0.25) is 9.89 Å². The summed E-state index contributed by atoms with van der Waals surface area (Å²) in [5.41, 5.74) is 13.3. The Morgan fingerprint density at radius 1 is 1.28 bits per heavy atom. The highest BCUT2D eigenvalue weighted by Gasteiger charge is 2.58. The SMILES string of the molecule is CC(C)N=C(C=C(N)c1cnc(N)c(OC(F)(F)F)c1)C1C2CC(N(C)C3COC3)CC21. The number of nitrogens with two attached hydrogens (primary N) is 2. The van der Waals surface area contributed by atoms with E-state index >= 15 is 0 Å². The summed E-state index contributed by atoms with van der Waals surface area (Å²) in [5, 5.41) is 0. The third-order valence-electron chi connectivity index (χ3n) is 6.69. The van der Waals surface area contributed by atoms with Gasteiger partial charge in [0.1, 0.15) is 0 Å². The van der Waals surface area contributed by atoms with Crippen molar-refractivity contribution >= 4 is 17.2 Å². The fourth-order valence-corrected chi connectivity index (χ4v) is 4.92. The number of hydrogen-bond donors (Lipinski definition) is 2. The molecule has 1 aliphatic heterocycles. The van der Waals surface area contributed by atoms with Gasteiger partial charge in [-0.1, -0.05) is 0 Å². The van der Waals surface area contributed by atoms with Crippen LogP contribution in [-0.2, 0) is 4.74 Å². The van der Waals surface area contributed by atoms with Crippen LogP contribution in [0.1, 0.15) is 32.3 Å². The van der Waals surface area contributed by atoms with Gasteiger partial charge in [0, 0.05) is 41.2 Å². The van der Waals surface area contributed by atoms with E-state index in [0.29, 0.717) is 35.4 Å². The highest BCUT2D eigenvalue weighted by molar-refractivity contribution is 6.04. The van der Waals surface area contributed by atoms with E-state index in [1.807, 2.05) is 13.8 Å². The number of hydrogen-bond acceptors (Lipinski definition) is 7. The van der Waals surface area contributed by atoms with Gasteiger partial charge in [0.05, 0.1) is 19.3 Å². The zero-order valence-corrected chi connectivity index (χ0v) is 18.5. The van der Waals surface area contributed by atoms with Gasteiger partial charge < -0.3 is 20.9 Å². The molecule has 2 saturated carbocycles. The topological polar surface area (TPSA) is 99.0 Å². The van der Waals surface area contributed by atoms with E-state index in [2.05, 4.69) is 21.7 Å². The van der Waals surface area contributed by atoms with Gasteiger partial charge in [0.25, 0.3) is 0 Å². The second-order valence-electron chi connectivity index (χ2n) is 9.24. The molecule has 0 aromatic carbocycles. The zero-order valence-electron chi connectivity index (χ0n) is 18.5. The van der Waals surface area contributed by atoms with E-state index < -0.39 is 12.1 Å². The molecule has 4 N–H and O–H groups in total. The number of ether oxygens (including phenoxy) is 2. The van der Waals surface area contributed by atoms with Crippen LogP contribution in [0.3, 0.4) is 0 Å². The van der Waals surface area contributed by atoms with E-state index in [9.17, 15) is 13.2 Å². The van der Waals surface area contributed by atoms with E-state index in [1.54, 1.807) is 6.08 Å². The van der Waals surface area contributed by atoms with Crippen molar-refractivity contribution in [1.29, 1.82) is 0 Å². The summed E-state index contributed by atoms with van der Waals surface area (Å²) < 4.78 is 47.2. The maximum absolute atomic E-state index is 12.6. The molecule has 4 rings (SSSR count). The van der Waals surface area contributed by atoms with Crippen LogP contribution in [0.2, 0.25) is 0 Å². The predicted molar refractivity (Wildman–Crippen MR) is 116 cm³/mol.